The van der Waals surface area contributed by atoms with Crippen LogP contribution in [-0.4, -0.2) is 18.5 Å². The molecule has 1 aromatic rings. The van der Waals surface area contributed by atoms with Crippen molar-refractivity contribution in [1.82, 2.24) is 5.32 Å². The number of benzene rings is 1. The van der Waals surface area contributed by atoms with Crippen LogP contribution in [0.15, 0.2) is 18.2 Å². The highest BCUT2D eigenvalue weighted by Gasteiger charge is 2.23. The van der Waals surface area contributed by atoms with Crippen molar-refractivity contribution in [3.8, 4) is 0 Å². The Labute approximate surface area is 97.2 Å². The third kappa shape index (κ3) is 2.64. The summed E-state index contributed by atoms with van der Waals surface area (Å²) in [6.07, 6.45) is -2.29. The van der Waals surface area contributed by atoms with Crippen LogP contribution < -0.4 is 16.4 Å². The van der Waals surface area contributed by atoms with Crippen LogP contribution in [0.2, 0.25) is 0 Å². The molecule has 4 nitrogen and oxygen atoms in total. The summed E-state index contributed by atoms with van der Waals surface area (Å²) in [6, 6.07) is 4.17. The van der Waals surface area contributed by atoms with Crippen molar-refractivity contribution in [1.29, 1.82) is 0 Å². The average Bonchev–Trinajstić information content (AvgIpc) is 2.66. The molecule has 0 spiro atoms. The number of amides is 1. The molecule has 1 fully saturated rings. The first-order chi connectivity index (χ1) is 8.06. The van der Waals surface area contributed by atoms with Gasteiger partial charge in [-0.3, -0.25) is 4.79 Å². The third-order valence-electron chi connectivity index (χ3n) is 2.65. The van der Waals surface area contributed by atoms with E-state index in [-0.39, 0.29) is 17.5 Å². The van der Waals surface area contributed by atoms with Crippen LogP contribution >= 0.6 is 0 Å². The van der Waals surface area contributed by atoms with E-state index < -0.39 is 6.43 Å². The minimum atomic E-state index is -2.59. The molecule has 0 aromatic heterocycles. The van der Waals surface area contributed by atoms with Gasteiger partial charge in [0.25, 0.3) is 6.43 Å². The van der Waals surface area contributed by atoms with Gasteiger partial charge in [0.15, 0.2) is 0 Å². The zero-order valence-corrected chi connectivity index (χ0v) is 9.04. The molecule has 0 bridgehead atoms. The molecule has 2 rings (SSSR count). The van der Waals surface area contributed by atoms with Crippen molar-refractivity contribution in [2.24, 2.45) is 0 Å². The molecular weight excluding hydrogens is 228 g/mol. The Bertz CT molecular complexity index is 437. The fourth-order valence-electron chi connectivity index (χ4n) is 1.82. The number of nitrogen functional groups attached to an aromatic ring is 1. The molecule has 1 unspecified atom stereocenters. The molecule has 1 aliphatic rings. The summed E-state index contributed by atoms with van der Waals surface area (Å²) in [5.41, 5.74) is 5.96. The molecule has 1 saturated heterocycles. The Hall–Kier alpha value is -1.85. The molecule has 0 saturated carbocycles. The highest BCUT2D eigenvalue weighted by Crippen LogP contribution is 2.29. The Morgan fingerprint density at radius 3 is 2.82 bits per heavy atom. The maximum Gasteiger partial charge on any atom is 0.265 e. The average molecular weight is 241 g/mol. The van der Waals surface area contributed by atoms with Gasteiger partial charge in [-0.15, -0.1) is 0 Å². The number of halogens is 2. The number of nitrogens with one attached hydrogen (secondary N) is 2. The Morgan fingerprint density at radius 2 is 2.24 bits per heavy atom. The highest BCUT2D eigenvalue weighted by atomic mass is 19.3. The van der Waals surface area contributed by atoms with Crippen LogP contribution in [0, 0.1) is 0 Å². The number of hydrogen-bond donors (Lipinski definition) is 3. The largest absolute Gasteiger partial charge is 0.399 e. The Morgan fingerprint density at radius 1 is 1.47 bits per heavy atom. The van der Waals surface area contributed by atoms with Crippen LogP contribution in [0.4, 0.5) is 20.2 Å². The van der Waals surface area contributed by atoms with Gasteiger partial charge < -0.3 is 16.4 Å². The van der Waals surface area contributed by atoms with Gasteiger partial charge in [-0.25, -0.2) is 8.78 Å². The van der Waals surface area contributed by atoms with Gasteiger partial charge in [-0.1, -0.05) is 0 Å². The lowest BCUT2D eigenvalue weighted by molar-refractivity contribution is -0.119. The van der Waals surface area contributed by atoms with E-state index >= 15 is 0 Å². The van der Waals surface area contributed by atoms with Gasteiger partial charge in [0.2, 0.25) is 5.91 Å². The lowest BCUT2D eigenvalue weighted by Gasteiger charge is -2.16. The molecule has 1 heterocycles. The molecule has 1 amide bonds. The number of hydrogen-bond acceptors (Lipinski definition) is 3. The zero-order valence-electron chi connectivity index (χ0n) is 9.04. The maximum absolute atomic E-state index is 12.8. The van der Waals surface area contributed by atoms with Crippen molar-refractivity contribution in [2.75, 3.05) is 17.6 Å². The predicted molar refractivity (Wildman–Crippen MR) is 60.8 cm³/mol. The highest BCUT2D eigenvalue weighted by molar-refractivity contribution is 5.79. The summed E-state index contributed by atoms with van der Waals surface area (Å²) in [4.78, 5) is 11.0. The number of rotatable bonds is 3. The van der Waals surface area contributed by atoms with E-state index in [0.717, 1.165) is 0 Å². The van der Waals surface area contributed by atoms with Crippen LogP contribution in [0.25, 0.3) is 0 Å². The normalized spacial score (nSPS) is 19.5. The van der Waals surface area contributed by atoms with Crippen LogP contribution in [-0.2, 0) is 4.79 Å². The number of carbonyl (C=O) groups is 1. The number of anilines is 2. The monoisotopic (exact) mass is 241 g/mol. The number of nitrogens with two attached hydrogens (primary N) is 1. The topological polar surface area (TPSA) is 67.2 Å². The second-order valence-corrected chi connectivity index (χ2v) is 4.00. The van der Waals surface area contributed by atoms with Crippen LogP contribution in [0.5, 0.6) is 0 Å². The summed E-state index contributed by atoms with van der Waals surface area (Å²) < 4.78 is 25.6. The quantitative estimate of drug-likeness (QED) is 0.703. The van der Waals surface area contributed by atoms with Crippen molar-refractivity contribution in [3.05, 3.63) is 23.8 Å². The molecule has 0 aliphatic carbocycles. The summed E-state index contributed by atoms with van der Waals surface area (Å²) in [6.45, 7) is 0.450. The van der Waals surface area contributed by atoms with Crippen molar-refractivity contribution in [3.63, 3.8) is 0 Å². The van der Waals surface area contributed by atoms with Gasteiger partial charge >= 0.3 is 0 Å². The zero-order chi connectivity index (χ0) is 12.4. The molecule has 1 aliphatic heterocycles. The molecule has 4 N–H and O–H groups in total. The molecular formula is C11H13F2N3O. The third-order valence-corrected chi connectivity index (χ3v) is 2.65. The lowest BCUT2D eigenvalue weighted by atomic mass is 10.1. The van der Waals surface area contributed by atoms with Gasteiger partial charge in [0, 0.05) is 29.9 Å². The molecule has 92 valence electrons. The van der Waals surface area contributed by atoms with Gasteiger partial charge in [-0.2, -0.15) is 0 Å². The number of carbonyl (C=O) groups excluding carboxylic acids is 1. The second-order valence-electron chi connectivity index (χ2n) is 4.00. The molecule has 6 heteroatoms. The molecule has 0 radical (unpaired) electrons. The first-order valence-electron chi connectivity index (χ1n) is 5.27. The summed E-state index contributed by atoms with van der Waals surface area (Å²) in [5.74, 6) is -0.0726. The minimum Gasteiger partial charge on any atom is -0.399 e. The summed E-state index contributed by atoms with van der Waals surface area (Å²) in [7, 11) is 0. The number of alkyl halides is 2. The predicted octanol–water partition coefficient (Wildman–Crippen LogP) is 1.51. The van der Waals surface area contributed by atoms with E-state index in [9.17, 15) is 13.6 Å². The van der Waals surface area contributed by atoms with E-state index in [1.165, 1.54) is 12.1 Å². The minimum absolute atomic E-state index is 0.0726. The molecule has 1 aromatic carbocycles. The fourth-order valence-corrected chi connectivity index (χ4v) is 1.82. The van der Waals surface area contributed by atoms with E-state index in [4.69, 9.17) is 5.73 Å². The maximum atomic E-state index is 12.8. The first kappa shape index (κ1) is 11.6. The van der Waals surface area contributed by atoms with E-state index in [0.29, 0.717) is 24.3 Å². The standard InChI is InChI=1S/C11H13F2N3O/c12-11(13)8-3-6(14)1-2-9(8)16-7-4-10(17)15-5-7/h1-3,7,11,16H,4-5,14H2,(H,15,17). The lowest BCUT2D eigenvalue weighted by Crippen LogP contribution is -2.23. The molecule has 1 atom stereocenters. The van der Waals surface area contributed by atoms with E-state index in [2.05, 4.69) is 10.6 Å². The van der Waals surface area contributed by atoms with Crippen molar-refractivity contribution < 1.29 is 13.6 Å². The van der Waals surface area contributed by atoms with E-state index in [1.54, 1.807) is 6.07 Å². The second kappa shape index (κ2) is 4.57. The summed E-state index contributed by atoms with van der Waals surface area (Å²) >= 11 is 0. The fraction of sp³-hybridized carbons (Fsp3) is 0.364. The molecule has 17 heavy (non-hydrogen) atoms. The Balaban J connectivity index is 2.17. The van der Waals surface area contributed by atoms with Crippen LogP contribution in [0.1, 0.15) is 18.4 Å². The van der Waals surface area contributed by atoms with Gasteiger partial charge in [0.1, 0.15) is 0 Å². The first-order valence-corrected chi connectivity index (χ1v) is 5.27. The van der Waals surface area contributed by atoms with Gasteiger partial charge in [-0.05, 0) is 18.2 Å². The smallest absolute Gasteiger partial charge is 0.265 e. The van der Waals surface area contributed by atoms with Crippen molar-refractivity contribution in [2.45, 2.75) is 18.9 Å². The van der Waals surface area contributed by atoms with Crippen LogP contribution in [0.3, 0.4) is 0 Å². The van der Waals surface area contributed by atoms with E-state index in [1.807, 2.05) is 0 Å². The van der Waals surface area contributed by atoms with Crippen molar-refractivity contribution >= 4 is 17.3 Å². The van der Waals surface area contributed by atoms with Gasteiger partial charge in [0.05, 0.1) is 6.04 Å². The summed E-state index contributed by atoms with van der Waals surface area (Å²) in [5, 5.41) is 5.57. The SMILES string of the molecule is Nc1ccc(NC2CNC(=O)C2)c(C(F)F)c1. The Kier molecular flexibility index (Phi) is 3.12.